The molecule has 18 nitrogen and oxygen atoms in total. The predicted octanol–water partition coefficient (Wildman–Crippen LogP) is 5.85. The number of hydrogen-bond acceptors (Lipinski definition) is 15. The van der Waals surface area contributed by atoms with Gasteiger partial charge in [0.2, 0.25) is 23.0 Å². The first-order chi connectivity index (χ1) is 20.4. The van der Waals surface area contributed by atoms with Crippen molar-refractivity contribution in [3.8, 4) is 0 Å². The molecule has 3 aromatic carbocycles. The second-order valence-corrected chi connectivity index (χ2v) is 11.9. The Balaban J connectivity index is 1.66. The third-order valence-electron chi connectivity index (χ3n) is 5.58. The first-order valence-corrected chi connectivity index (χ1v) is 14.8. The van der Waals surface area contributed by atoms with Gasteiger partial charge in [-0.3, -0.25) is 24.8 Å². The Morgan fingerprint density at radius 2 is 1.36 bits per heavy atom. The number of nitrogens with one attached hydrogen (secondary N) is 3. The summed E-state index contributed by atoms with van der Waals surface area (Å²) < 4.78 is 76.9. The minimum atomic E-state index is -4.99. The van der Waals surface area contributed by atoms with E-state index in [1.165, 1.54) is 31.2 Å². The lowest BCUT2D eigenvalue weighted by Crippen LogP contribution is -2.08. The Morgan fingerprint density at radius 3 is 1.93 bits per heavy atom. The second-order valence-electron chi connectivity index (χ2n) is 8.65. The SMILES string of the molecule is Cc1cc(Nc2nc(Cl)nc(Nc3ccc(Nc4cc(F)c([N+](=O)[O-])cc4[N+](=O)[O-])cc3S(=O)(=O)O)n2)ccc1S(O)(O)O. The molecule has 0 aliphatic carbocycles. The quantitative estimate of drug-likeness (QED) is 0.0590. The molecule has 0 atom stereocenters. The average Bonchev–Trinajstić information content (AvgIpc) is 2.87. The minimum absolute atomic E-state index is 0.108. The third kappa shape index (κ3) is 7.41. The van der Waals surface area contributed by atoms with Gasteiger partial charge in [0.05, 0.1) is 26.5 Å². The summed E-state index contributed by atoms with van der Waals surface area (Å²) in [6, 6.07) is 8.05. The second kappa shape index (κ2) is 12.1. The zero-order valence-corrected chi connectivity index (χ0v) is 24.1. The van der Waals surface area contributed by atoms with Crippen LogP contribution in [-0.2, 0) is 10.1 Å². The number of benzene rings is 3. The average molecular weight is 673 g/mol. The number of halogens is 2. The monoisotopic (exact) mass is 672 g/mol. The summed E-state index contributed by atoms with van der Waals surface area (Å²) in [5, 5.41) is 29.8. The third-order valence-corrected chi connectivity index (χ3v) is 7.69. The molecule has 0 saturated carbocycles. The molecule has 0 amide bonds. The number of anilines is 6. The van der Waals surface area contributed by atoms with Crippen LogP contribution in [0.5, 0.6) is 0 Å². The van der Waals surface area contributed by atoms with E-state index >= 15 is 0 Å². The van der Waals surface area contributed by atoms with Crippen molar-refractivity contribution in [3.05, 3.63) is 85.4 Å². The highest BCUT2D eigenvalue weighted by atomic mass is 35.5. The van der Waals surface area contributed by atoms with Crippen molar-refractivity contribution in [1.29, 1.82) is 0 Å². The van der Waals surface area contributed by atoms with Crippen molar-refractivity contribution in [3.63, 3.8) is 0 Å². The number of hydrogen-bond donors (Lipinski definition) is 7. The van der Waals surface area contributed by atoms with Crippen LogP contribution in [0.2, 0.25) is 5.28 Å². The molecule has 4 rings (SSSR count). The van der Waals surface area contributed by atoms with Gasteiger partial charge in [-0.25, -0.2) is 0 Å². The van der Waals surface area contributed by atoms with Crippen molar-refractivity contribution in [2.45, 2.75) is 16.7 Å². The molecule has 4 aromatic rings. The largest absolute Gasteiger partial charge is 0.350 e. The molecule has 0 bridgehead atoms. The smallest absolute Gasteiger partial charge is 0.311 e. The van der Waals surface area contributed by atoms with Gasteiger partial charge in [-0.15, -0.1) is 0 Å². The normalized spacial score (nSPS) is 12.0. The highest BCUT2D eigenvalue weighted by Crippen LogP contribution is 2.46. The van der Waals surface area contributed by atoms with Gasteiger partial charge in [0.15, 0.2) is 0 Å². The number of rotatable bonds is 10. The molecular weight excluding hydrogens is 655 g/mol. The van der Waals surface area contributed by atoms with Gasteiger partial charge in [0, 0.05) is 17.4 Å². The summed E-state index contributed by atoms with van der Waals surface area (Å²) >= 11 is 5.98. The van der Waals surface area contributed by atoms with Crippen LogP contribution in [-0.4, -0.2) is 51.4 Å². The van der Waals surface area contributed by atoms with E-state index in [1.54, 1.807) is 0 Å². The number of nitro benzene ring substituents is 2. The minimum Gasteiger partial charge on any atom is -0.350 e. The van der Waals surface area contributed by atoms with Crippen LogP contribution in [0.1, 0.15) is 5.56 Å². The highest BCUT2D eigenvalue weighted by molar-refractivity contribution is 8.19. The van der Waals surface area contributed by atoms with Crippen molar-refractivity contribution < 1.29 is 40.9 Å². The van der Waals surface area contributed by atoms with E-state index in [0.29, 0.717) is 23.4 Å². The number of nitrogens with zero attached hydrogens (tertiary/aromatic N) is 5. The van der Waals surface area contributed by atoms with E-state index in [4.69, 9.17) is 11.6 Å². The van der Waals surface area contributed by atoms with Crippen molar-refractivity contribution in [2.24, 2.45) is 0 Å². The fourth-order valence-corrected chi connectivity index (χ4v) is 5.33. The maximum atomic E-state index is 14.2. The van der Waals surface area contributed by atoms with E-state index in [1.807, 2.05) is 0 Å². The van der Waals surface area contributed by atoms with Crippen LogP contribution in [0, 0.1) is 33.0 Å². The molecule has 0 radical (unpaired) electrons. The lowest BCUT2D eigenvalue weighted by molar-refractivity contribution is -0.395. The summed E-state index contributed by atoms with van der Waals surface area (Å²) in [6.45, 7) is 1.50. The van der Waals surface area contributed by atoms with E-state index in [-0.39, 0.29) is 33.5 Å². The van der Waals surface area contributed by atoms with Crippen LogP contribution in [0.25, 0.3) is 0 Å². The molecule has 0 saturated heterocycles. The Kier molecular flexibility index (Phi) is 8.83. The van der Waals surface area contributed by atoms with E-state index in [9.17, 15) is 51.2 Å². The van der Waals surface area contributed by atoms with Crippen LogP contribution in [0.4, 0.5) is 50.4 Å². The number of aromatic nitrogens is 3. The zero-order valence-electron chi connectivity index (χ0n) is 21.7. The molecule has 0 aliphatic heterocycles. The van der Waals surface area contributed by atoms with Gasteiger partial charge in [0.25, 0.3) is 15.8 Å². The van der Waals surface area contributed by atoms with Crippen LogP contribution < -0.4 is 16.0 Å². The van der Waals surface area contributed by atoms with E-state index in [2.05, 4.69) is 30.9 Å². The van der Waals surface area contributed by atoms with Gasteiger partial charge in [-0.05, 0) is 60.5 Å². The van der Waals surface area contributed by atoms with Gasteiger partial charge < -0.3 is 29.6 Å². The first-order valence-electron chi connectivity index (χ1n) is 11.5. The molecule has 0 unspecified atom stereocenters. The Morgan fingerprint density at radius 1 is 0.773 bits per heavy atom. The zero-order chi connectivity index (χ0) is 32.6. The Hall–Kier alpha value is -4.77. The highest BCUT2D eigenvalue weighted by Gasteiger charge is 2.26. The topological polar surface area (TPSA) is 276 Å². The molecular formula is C22H18ClFN8O10S2. The van der Waals surface area contributed by atoms with Gasteiger partial charge >= 0.3 is 5.69 Å². The predicted molar refractivity (Wildman–Crippen MR) is 156 cm³/mol. The fourth-order valence-electron chi connectivity index (χ4n) is 3.76. The number of nitro groups is 2. The summed E-state index contributed by atoms with van der Waals surface area (Å²) in [7, 11) is -8.96. The molecule has 1 aromatic heterocycles. The maximum absolute atomic E-state index is 14.2. The Bertz CT molecular complexity index is 1930. The molecule has 22 heteroatoms. The summed E-state index contributed by atoms with van der Waals surface area (Å²) in [4.78, 5) is 31.2. The van der Waals surface area contributed by atoms with Crippen LogP contribution >= 0.6 is 22.5 Å². The molecule has 1 heterocycles. The standard InChI is InChI=1S/C22H18ClFN8O10S2/c1-10-6-11(3-5-18(10)43(37,38)39)26-21-28-20(23)29-22(30-21)27-14-4-2-12(7-19(14)44(40,41)42)25-15-8-13(24)16(31(33)34)9-17(15)32(35)36/h2-9,25,37-39H,1H3,(H,40,41,42)(H2,26,27,28,29,30). The molecule has 0 aliphatic rings. The van der Waals surface area contributed by atoms with Crippen LogP contribution in [0.3, 0.4) is 0 Å². The molecule has 0 spiro atoms. The number of aryl methyl sites for hydroxylation is 1. The van der Waals surface area contributed by atoms with E-state index < -0.39 is 58.6 Å². The Labute approximate surface area is 252 Å². The maximum Gasteiger partial charge on any atom is 0.311 e. The molecule has 7 N–H and O–H groups in total. The summed E-state index contributed by atoms with van der Waals surface area (Å²) in [5.74, 6) is -1.87. The lowest BCUT2D eigenvalue weighted by atomic mass is 10.2. The van der Waals surface area contributed by atoms with Gasteiger partial charge in [-0.2, -0.15) is 27.8 Å². The van der Waals surface area contributed by atoms with Crippen molar-refractivity contribution in [1.82, 2.24) is 15.0 Å². The molecule has 232 valence electrons. The molecule has 44 heavy (non-hydrogen) atoms. The van der Waals surface area contributed by atoms with Crippen LogP contribution in [0.15, 0.2) is 58.3 Å². The van der Waals surface area contributed by atoms with Gasteiger partial charge in [0.1, 0.15) is 21.5 Å². The summed E-state index contributed by atoms with van der Waals surface area (Å²) in [5.41, 5.74) is -2.45. The lowest BCUT2D eigenvalue weighted by Gasteiger charge is -2.21. The first kappa shape index (κ1) is 32.2. The van der Waals surface area contributed by atoms with Crippen molar-refractivity contribution >= 4 is 78.6 Å². The van der Waals surface area contributed by atoms with Gasteiger partial charge in [-0.1, -0.05) is 0 Å². The van der Waals surface area contributed by atoms with E-state index in [0.717, 1.165) is 12.1 Å². The van der Waals surface area contributed by atoms with Crippen molar-refractivity contribution in [2.75, 3.05) is 16.0 Å². The summed E-state index contributed by atoms with van der Waals surface area (Å²) in [6.07, 6.45) is 0. The fraction of sp³-hybridized carbons (Fsp3) is 0.0455. The molecule has 0 fully saturated rings.